The fourth-order valence-electron chi connectivity index (χ4n) is 4.09. The van der Waals surface area contributed by atoms with Gasteiger partial charge in [-0.05, 0) is 31.7 Å². The van der Waals surface area contributed by atoms with Gasteiger partial charge in [0.2, 0.25) is 5.91 Å². The number of hydrogen-bond acceptors (Lipinski definition) is 3. The summed E-state index contributed by atoms with van der Waals surface area (Å²) in [6.45, 7) is 9.15. The van der Waals surface area contributed by atoms with Crippen LogP contribution in [0.2, 0.25) is 0 Å². The Morgan fingerprint density at radius 2 is 2.19 bits per heavy atom. The summed E-state index contributed by atoms with van der Waals surface area (Å²) in [4.78, 5) is 15.2. The van der Waals surface area contributed by atoms with Crippen molar-refractivity contribution in [2.24, 2.45) is 18.9 Å². The van der Waals surface area contributed by atoms with Crippen LogP contribution in [0.1, 0.15) is 38.7 Å². The van der Waals surface area contributed by atoms with Gasteiger partial charge in [0, 0.05) is 44.3 Å². The highest BCUT2D eigenvalue weighted by atomic mass is 16.2. The molecule has 1 N–H and O–H groups in total. The maximum Gasteiger partial charge on any atom is 0.228 e. The average molecular weight is 290 g/mol. The molecule has 2 fully saturated rings. The number of carbonyl (C=O) groups is 1. The summed E-state index contributed by atoms with van der Waals surface area (Å²) in [5.41, 5.74) is 1.16. The number of aryl methyl sites for hydroxylation is 1. The van der Waals surface area contributed by atoms with E-state index in [0.717, 1.165) is 26.1 Å². The molecule has 1 amide bonds. The lowest BCUT2D eigenvalue weighted by Gasteiger charge is -2.34. The van der Waals surface area contributed by atoms with Gasteiger partial charge in [-0.3, -0.25) is 9.48 Å². The van der Waals surface area contributed by atoms with Crippen LogP contribution in [-0.4, -0.2) is 45.8 Å². The lowest BCUT2D eigenvalue weighted by molar-refractivity contribution is -0.138. The van der Waals surface area contributed by atoms with Crippen molar-refractivity contribution >= 4 is 5.91 Å². The van der Waals surface area contributed by atoms with E-state index in [2.05, 4.69) is 36.1 Å². The molecule has 0 bridgehead atoms. The second kappa shape index (κ2) is 5.13. The second-order valence-electron chi connectivity index (χ2n) is 7.39. The van der Waals surface area contributed by atoms with Gasteiger partial charge in [-0.15, -0.1) is 0 Å². The first-order valence-corrected chi connectivity index (χ1v) is 7.89. The molecular formula is C16H26N4O. The molecule has 0 aliphatic carbocycles. The van der Waals surface area contributed by atoms with E-state index in [1.54, 1.807) is 0 Å². The van der Waals surface area contributed by atoms with Crippen molar-refractivity contribution in [3.05, 3.63) is 18.0 Å². The Hall–Kier alpha value is -1.36. The van der Waals surface area contributed by atoms with Crippen LogP contribution in [0.4, 0.5) is 0 Å². The number of aromatic nitrogens is 2. The zero-order chi connectivity index (χ0) is 15.2. The Morgan fingerprint density at radius 3 is 2.76 bits per heavy atom. The van der Waals surface area contributed by atoms with E-state index in [9.17, 15) is 4.79 Å². The van der Waals surface area contributed by atoms with E-state index < -0.39 is 0 Å². The maximum atomic E-state index is 13.1. The zero-order valence-electron chi connectivity index (χ0n) is 13.5. The van der Waals surface area contributed by atoms with Crippen molar-refractivity contribution in [1.29, 1.82) is 0 Å². The van der Waals surface area contributed by atoms with Crippen LogP contribution in [0.5, 0.6) is 0 Å². The number of carbonyl (C=O) groups excluding carboxylic acids is 1. The molecule has 2 aliphatic heterocycles. The van der Waals surface area contributed by atoms with Crippen LogP contribution >= 0.6 is 0 Å². The first-order chi connectivity index (χ1) is 9.88. The summed E-state index contributed by atoms with van der Waals surface area (Å²) in [6.07, 6.45) is 5.03. The SMILES string of the molecule is CC1CN(C(=O)[C@H]2CNC[C@@H]2c2cnn(C)c2)C(C)(C)C1. The van der Waals surface area contributed by atoms with Crippen LogP contribution in [0.3, 0.4) is 0 Å². The summed E-state index contributed by atoms with van der Waals surface area (Å²) in [7, 11) is 1.92. The Balaban J connectivity index is 1.80. The fourth-order valence-corrected chi connectivity index (χ4v) is 4.09. The minimum absolute atomic E-state index is 0.0153. The van der Waals surface area contributed by atoms with E-state index in [0.29, 0.717) is 11.8 Å². The summed E-state index contributed by atoms with van der Waals surface area (Å²) in [5, 5.41) is 7.65. The smallest absolute Gasteiger partial charge is 0.228 e. The molecule has 3 rings (SSSR count). The molecule has 1 unspecified atom stereocenters. The molecule has 116 valence electrons. The van der Waals surface area contributed by atoms with Crippen molar-refractivity contribution in [3.63, 3.8) is 0 Å². The summed E-state index contributed by atoms with van der Waals surface area (Å²) in [6, 6.07) is 0. The van der Waals surface area contributed by atoms with Crippen molar-refractivity contribution in [2.45, 2.75) is 38.6 Å². The highest BCUT2D eigenvalue weighted by Crippen LogP contribution is 2.37. The number of nitrogens with one attached hydrogen (secondary N) is 1. The third kappa shape index (κ3) is 2.59. The summed E-state index contributed by atoms with van der Waals surface area (Å²) >= 11 is 0. The molecule has 1 aromatic rings. The number of nitrogens with zero attached hydrogens (tertiary/aromatic N) is 3. The third-order valence-electron chi connectivity index (χ3n) is 5.02. The number of amides is 1. The minimum Gasteiger partial charge on any atom is -0.337 e. The fraction of sp³-hybridized carbons (Fsp3) is 0.750. The molecule has 5 nitrogen and oxygen atoms in total. The van der Waals surface area contributed by atoms with Gasteiger partial charge >= 0.3 is 0 Å². The van der Waals surface area contributed by atoms with Gasteiger partial charge in [0.25, 0.3) is 0 Å². The van der Waals surface area contributed by atoms with E-state index >= 15 is 0 Å². The molecular weight excluding hydrogens is 264 g/mol. The predicted molar refractivity (Wildman–Crippen MR) is 81.9 cm³/mol. The molecule has 0 aromatic carbocycles. The maximum absolute atomic E-state index is 13.1. The Morgan fingerprint density at radius 1 is 1.43 bits per heavy atom. The topological polar surface area (TPSA) is 50.2 Å². The monoisotopic (exact) mass is 290 g/mol. The highest BCUT2D eigenvalue weighted by molar-refractivity contribution is 5.81. The summed E-state index contributed by atoms with van der Waals surface area (Å²) < 4.78 is 1.82. The van der Waals surface area contributed by atoms with Gasteiger partial charge in [0.15, 0.2) is 0 Å². The minimum atomic E-state index is -0.0153. The van der Waals surface area contributed by atoms with E-state index in [-0.39, 0.29) is 17.4 Å². The normalized spacial score (nSPS) is 31.8. The first kappa shape index (κ1) is 14.6. The molecule has 3 heterocycles. The number of hydrogen-bond donors (Lipinski definition) is 1. The van der Waals surface area contributed by atoms with Crippen LogP contribution in [-0.2, 0) is 11.8 Å². The first-order valence-electron chi connectivity index (χ1n) is 7.89. The van der Waals surface area contributed by atoms with Gasteiger partial charge in [0.05, 0.1) is 12.1 Å². The molecule has 0 radical (unpaired) electrons. The number of likely N-dealkylation sites (tertiary alicyclic amines) is 1. The van der Waals surface area contributed by atoms with E-state index in [1.807, 2.05) is 24.1 Å². The van der Waals surface area contributed by atoms with Crippen molar-refractivity contribution in [3.8, 4) is 0 Å². The van der Waals surface area contributed by atoms with Crippen molar-refractivity contribution < 1.29 is 4.79 Å². The summed E-state index contributed by atoms with van der Waals surface area (Å²) in [5.74, 6) is 1.19. The molecule has 5 heteroatoms. The lowest BCUT2D eigenvalue weighted by Crippen LogP contribution is -2.47. The van der Waals surface area contributed by atoms with Crippen LogP contribution in [0.15, 0.2) is 12.4 Å². The lowest BCUT2D eigenvalue weighted by atomic mass is 9.88. The third-order valence-corrected chi connectivity index (χ3v) is 5.02. The molecule has 21 heavy (non-hydrogen) atoms. The molecule has 3 atom stereocenters. The Labute approximate surface area is 126 Å². The predicted octanol–water partition coefficient (Wildman–Crippen LogP) is 1.37. The standard InChI is InChI=1S/C16H26N4O/c1-11-5-16(2,3)20(9-11)15(21)14-8-17-7-13(14)12-6-18-19(4)10-12/h6,10-11,13-14,17H,5,7-9H2,1-4H3/t11?,13-,14+/m1/s1. The molecule has 1 aromatic heterocycles. The van der Waals surface area contributed by atoms with Gasteiger partial charge in [-0.2, -0.15) is 5.10 Å². The Kier molecular flexibility index (Phi) is 3.56. The molecule has 0 saturated carbocycles. The average Bonchev–Trinajstić information content (AvgIpc) is 3.06. The number of rotatable bonds is 2. The second-order valence-corrected chi connectivity index (χ2v) is 7.39. The van der Waals surface area contributed by atoms with Crippen molar-refractivity contribution in [2.75, 3.05) is 19.6 Å². The van der Waals surface area contributed by atoms with E-state index in [4.69, 9.17) is 0 Å². The quantitative estimate of drug-likeness (QED) is 0.895. The molecule has 2 saturated heterocycles. The van der Waals surface area contributed by atoms with Crippen LogP contribution in [0, 0.1) is 11.8 Å². The van der Waals surface area contributed by atoms with E-state index in [1.165, 1.54) is 5.56 Å². The van der Waals surface area contributed by atoms with Crippen molar-refractivity contribution in [1.82, 2.24) is 20.0 Å². The zero-order valence-corrected chi connectivity index (χ0v) is 13.5. The van der Waals surface area contributed by atoms with Gasteiger partial charge in [-0.1, -0.05) is 6.92 Å². The largest absolute Gasteiger partial charge is 0.337 e. The highest BCUT2D eigenvalue weighted by Gasteiger charge is 2.44. The molecule has 0 spiro atoms. The van der Waals surface area contributed by atoms with Gasteiger partial charge in [0.1, 0.15) is 0 Å². The van der Waals surface area contributed by atoms with Gasteiger partial charge < -0.3 is 10.2 Å². The molecule has 2 aliphatic rings. The van der Waals surface area contributed by atoms with Crippen LogP contribution in [0.25, 0.3) is 0 Å². The van der Waals surface area contributed by atoms with Crippen LogP contribution < -0.4 is 5.32 Å². The Bertz CT molecular complexity index is 536. The van der Waals surface area contributed by atoms with Gasteiger partial charge in [-0.25, -0.2) is 0 Å².